The van der Waals surface area contributed by atoms with Crippen molar-refractivity contribution in [1.29, 1.82) is 0 Å². The van der Waals surface area contributed by atoms with Crippen LogP contribution < -0.4 is 25.8 Å². The zero-order valence-corrected chi connectivity index (χ0v) is 14.2. The monoisotopic (exact) mass is 353 g/mol. The highest BCUT2D eigenvalue weighted by Crippen LogP contribution is 2.22. The van der Waals surface area contributed by atoms with E-state index in [-0.39, 0.29) is 13.2 Å². The minimum Gasteiger partial charge on any atom is -0.495 e. The Morgan fingerprint density at radius 1 is 1.04 bits per heavy atom. The molecule has 134 valence electrons. The normalized spacial score (nSPS) is 9.42. The zero-order chi connectivity index (χ0) is 18.8. The summed E-state index contributed by atoms with van der Waals surface area (Å²) < 4.78 is 10.6. The largest absolute Gasteiger partial charge is 0.495 e. The summed E-state index contributed by atoms with van der Waals surface area (Å²) in [4.78, 5) is 23.1. The van der Waals surface area contributed by atoms with E-state index in [0.717, 1.165) is 0 Å². The Balaban J connectivity index is 1.77. The van der Waals surface area contributed by atoms with E-state index in [1.54, 1.807) is 42.5 Å². The summed E-state index contributed by atoms with van der Waals surface area (Å²) in [5, 5.41) is 5.27. The van der Waals surface area contributed by atoms with Crippen LogP contribution in [0.1, 0.15) is 10.4 Å². The van der Waals surface area contributed by atoms with Gasteiger partial charge in [0.2, 0.25) is 0 Å². The van der Waals surface area contributed by atoms with Crippen molar-refractivity contribution in [3.8, 4) is 23.3 Å². The third kappa shape index (κ3) is 5.46. The number of methoxy groups -OCH3 is 1. The van der Waals surface area contributed by atoms with E-state index in [1.807, 2.05) is 6.07 Å². The van der Waals surface area contributed by atoms with Crippen molar-refractivity contribution in [2.45, 2.75) is 0 Å². The van der Waals surface area contributed by atoms with E-state index in [4.69, 9.17) is 15.2 Å². The van der Waals surface area contributed by atoms with Crippen LogP contribution in [0.4, 0.5) is 10.5 Å². The van der Waals surface area contributed by atoms with Gasteiger partial charge in [-0.05, 0) is 24.3 Å². The van der Waals surface area contributed by atoms with Crippen LogP contribution in [-0.4, -0.2) is 32.2 Å². The smallest absolute Gasteiger partial charge is 0.320 e. The Hall–Kier alpha value is -3.66. The van der Waals surface area contributed by atoms with Gasteiger partial charge in [0.15, 0.2) is 0 Å². The number of rotatable bonds is 6. The summed E-state index contributed by atoms with van der Waals surface area (Å²) in [6.07, 6.45) is 0. The van der Waals surface area contributed by atoms with E-state index in [0.29, 0.717) is 22.7 Å². The summed E-state index contributed by atoms with van der Waals surface area (Å²) in [6, 6.07) is 13.3. The first-order valence-corrected chi connectivity index (χ1v) is 7.77. The van der Waals surface area contributed by atoms with Crippen LogP contribution in [0.25, 0.3) is 0 Å². The summed E-state index contributed by atoms with van der Waals surface area (Å²) in [5.74, 6) is 5.88. The average molecular weight is 353 g/mol. The number of nitrogens with one attached hydrogen (secondary N) is 2. The number of hydrogen-bond donors (Lipinski definition) is 3. The second-order valence-electron chi connectivity index (χ2n) is 5.01. The molecule has 0 unspecified atom stereocenters. The molecule has 0 atom stereocenters. The SMILES string of the molecule is COc1ccccc1NC(=O)NCC#CCOc1ccccc1C(N)=O. The minimum absolute atomic E-state index is 0.0695. The van der Waals surface area contributed by atoms with Gasteiger partial charge in [-0.3, -0.25) is 4.79 Å². The maximum atomic E-state index is 11.8. The minimum atomic E-state index is -0.566. The molecule has 0 spiro atoms. The molecule has 0 aliphatic rings. The number of carbonyl (C=O) groups excluding carboxylic acids is 2. The first-order valence-electron chi connectivity index (χ1n) is 7.77. The molecule has 0 aromatic heterocycles. The van der Waals surface area contributed by atoms with E-state index < -0.39 is 11.9 Å². The van der Waals surface area contributed by atoms with Crippen LogP contribution in [0.15, 0.2) is 48.5 Å². The highest BCUT2D eigenvalue weighted by molar-refractivity contribution is 5.95. The van der Waals surface area contributed by atoms with Crippen molar-refractivity contribution >= 4 is 17.6 Å². The lowest BCUT2D eigenvalue weighted by atomic mass is 10.2. The molecule has 26 heavy (non-hydrogen) atoms. The molecule has 3 amide bonds. The Kier molecular flexibility index (Phi) is 6.89. The second kappa shape index (κ2) is 9.59. The van der Waals surface area contributed by atoms with Crippen molar-refractivity contribution in [1.82, 2.24) is 5.32 Å². The van der Waals surface area contributed by atoms with Gasteiger partial charge in [0.05, 0.1) is 24.9 Å². The van der Waals surface area contributed by atoms with Crippen molar-refractivity contribution < 1.29 is 19.1 Å². The molecule has 7 heteroatoms. The summed E-state index contributed by atoms with van der Waals surface area (Å²) >= 11 is 0. The quantitative estimate of drug-likeness (QED) is 0.691. The van der Waals surface area contributed by atoms with Crippen molar-refractivity contribution in [3.63, 3.8) is 0 Å². The highest BCUT2D eigenvalue weighted by atomic mass is 16.5. The van der Waals surface area contributed by atoms with Crippen molar-refractivity contribution in [2.75, 3.05) is 25.6 Å². The predicted molar refractivity (Wildman–Crippen MR) is 98.2 cm³/mol. The molecule has 4 N–H and O–H groups in total. The molecule has 2 aromatic carbocycles. The maximum absolute atomic E-state index is 11.8. The van der Waals surface area contributed by atoms with Crippen LogP contribution in [0.3, 0.4) is 0 Å². The van der Waals surface area contributed by atoms with Crippen LogP contribution in [0.2, 0.25) is 0 Å². The van der Waals surface area contributed by atoms with Gasteiger partial charge in [0.1, 0.15) is 18.1 Å². The standard InChI is InChI=1S/C19H19N3O4/c1-25-17-11-5-3-9-15(17)22-19(24)21-12-6-7-13-26-16-10-4-2-8-14(16)18(20)23/h2-5,8-11H,12-13H2,1H3,(H2,20,23)(H2,21,22,24). The fourth-order valence-corrected chi connectivity index (χ4v) is 2.06. The molecule has 0 saturated carbocycles. The molecular formula is C19H19N3O4. The molecule has 0 saturated heterocycles. The van der Waals surface area contributed by atoms with Gasteiger partial charge < -0.3 is 25.8 Å². The number of nitrogens with two attached hydrogens (primary N) is 1. The lowest BCUT2D eigenvalue weighted by molar-refractivity contribution is 0.0997. The number of benzene rings is 2. The molecule has 0 bridgehead atoms. The number of ether oxygens (including phenoxy) is 2. The number of urea groups is 1. The van der Waals surface area contributed by atoms with Gasteiger partial charge in [-0.2, -0.15) is 0 Å². The lowest BCUT2D eigenvalue weighted by Gasteiger charge is -2.09. The van der Waals surface area contributed by atoms with Crippen LogP contribution in [-0.2, 0) is 0 Å². The number of carbonyl (C=O) groups is 2. The Morgan fingerprint density at radius 3 is 2.46 bits per heavy atom. The second-order valence-corrected chi connectivity index (χ2v) is 5.01. The Morgan fingerprint density at radius 2 is 1.73 bits per heavy atom. The van der Waals surface area contributed by atoms with Gasteiger partial charge in [-0.1, -0.05) is 36.1 Å². The number of amides is 3. The molecule has 0 aliphatic carbocycles. The molecule has 2 aromatic rings. The van der Waals surface area contributed by atoms with E-state index in [1.165, 1.54) is 7.11 Å². The molecule has 0 heterocycles. The fraction of sp³-hybridized carbons (Fsp3) is 0.158. The third-order valence-electron chi connectivity index (χ3n) is 3.27. The van der Waals surface area contributed by atoms with E-state index in [2.05, 4.69) is 22.5 Å². The molecule has 7 nitrogen and oxygen atoms in total. The first kappa shape index (κ1) is 18.7. The molecular weight excluding hydrogens is 334 g/mol. The number of hydrogen-bond acceptors (Lipinski definition) is 4. The summed E-state index contributed by atoms with van der Waals surface area (Å²) in [5.41, 5.74) is 6.12. The maximum Gasteiger partial charge on any atom is 0.320 e. The zero-order valence-electron chi connectivity index (χ0n) is 14.2. The highest BCUT2D eigenvalue weighted by Gasteiger charge is 2.07. The number of para-hydroxylation sites is 3. The van der Waals surface area contributed by atoms with Gasteiger partial charge in [0, 0.05) is 0 Å². The van der Waals surface area contributed by atoms with Crippen LogP contribution in [0.5, 0.6) is 11.5 Å². The van der Waals surface area contributed by atoms with E-state index >= 15 is 0 Å². The van der Waals surface area contributed by atoms with Gasteiger partial charge >= 0.3 is 6.03 Å². The van der Waals surface area contributed by atoms with Crippen molar-refractivity contribution in [3.05, 3.63) is 54.1 Å². The Bertz CT molecular complexity index is 840. The molecule has 0 fully saturated rings. The summed E-state index contributed by atoms with van der Waals surface area (Å²) in [7, 11) is 1.53. The average Bonchev–Trinajstić information content (AvgIpc) is 2.65. The van der Waals surface area contributed by atoms with Gasteiger partial charge in [-0.15, -0.1) is 0 Å². The number of primary amides is 1. The van der Waals surface area contributed by atoms with Crippen LogP contribution >= 0.6 is 0 Å². The summed E-state index contributed by atoms with van der Waals surface area (Å²) in [6.45, 7) is 0.210. The topological polar surface area (TPSA) is 103 Å². The van der Waals surface area contributed by atoms with Gasteiger partial charge in [0.25, 0.3) is 5.91 Å². The van der Waals surface area contributed by atoms with Crippen molar-refractivity contribution in [2.24, 2.45) is 5.73 Å². The van der Waals surface area contributed by atoms with E-state index in [9.17, 15) is 9.59 Å². The third-order valence-corrected chi connectivity index (χ3v) is 3.27. The number of anilines is 1. The van der Waals surface area contributed by atoms with Gasteiger partial charge in [-0.25, -0.2) is 4.79 Å². The Labute approximate surface area is 151 Å². The first-order chi connectivity index (χ1) is 12.6. The molecule has 2 rings (SSSR count). The lowest BCUT2D eigenvalue weighted by Crippen LogP contribution is -2.29. The fourth-order valence-electron chi connectivity index (χ4n) is 2.06. The van der Waals surface area contributed by atoms with Crippen LogP contribution in [0, 0.1) is 11.8 Å². The molecule has 0 aliphatic heterocycles. The molecule has 0 radical (unpaired) electrons. The predicted octanol–water partition coefficient (Wildman–Crippen LogP) is 2.00.